The van der Waals surface area contributed by atoms with Gasteiger partial charge < -0.3 is 9.64 Å². The topological polar surface area (TPSA) is 12.5 Å². The Labute approximate surface area is 99.2 Å². The minimum atomic E-state index is 0.597. The normalized spacial score (nSPS) is 13.1. The molecule has 0 fully saturated rings. The van der Waals surface area contributed by atoms with Gasteiger partial charge in [0.2, 0.25) is 0 Å². The minimum Gasteiger partial charge on any atom is -0.492 e. The summed E-state index contributed by atoms with van der Waals surface area (Å²) >= 11 is 0. The Bertz CT molecular complexity index is 284. The predicted molar refractivity (Wildman–Crippen MR) is 68.9 cm³/mol. The van der Waals surface area contributed by atoms with Gasteiger partial charge in [-0.15, -0.1) is 0 Å². The van der Waals surface area contributed by atoms with Crippen molar-refractivity contribution in [2.75, 3.05) is 20.2 Å². The van der Waals surface area contributed by atoms with Crippen molar-refractivity contribution in [2.45, 2.75) is 26.8 Å². The quantitative estimate of drug-likeness (QED) is 0.732. The van der Waals surface area contributed by atoms with Gasteiger partial charge in [0, 0.05) is 12.6 Å². The highest BCUT2D eigenvalue weighted by atomic mass is 16.5. The summed E-state index contributed by atoms with van der Waals surface area (Å²) in [5, 5.41) is 0. The Morgan fingerprint density at radius 1 is 1.12 bits per heavy atom. The van der Waals surface area contributed by atoms with Crippen molar-refractivity contribution in [3.05, 3.63) is 30.3 Å². The second kappa shape index (κ2) is 6.54. The van der Waals surface area contributed by atoms with E-state index in [9.17, 15) is 0 Å². The molecule has 0 radical (unpaired) electrons. The SMILES string of the molecule is CC(C)[C@@H](C)N(C)CCOc1ccccc1. The molecule has 1 atom stereocenters. The molecule has 0 amide bonds. The lowest BCUT2D eigenvalue weighted by Gasteiger charge is -2.27. The molecule has 0 aliphatic heterocycles. The van der Waals surface area contributed by atoms with Crippen LogP contribution in [0.2, 0.25) is 0 Å². The first kappa shape index (κ1) is 13.0. The summed E-state index contributed by atoms with van der Waals surface area (Å²) in [6.45, 7) is 8.47. The van der Waals surface area contributed by atoms with Gasteiger partial charge in [-0.1, -0.05) is 32.0 Å². The van der Waals surface area contributed by atoms with Gasteiger partial charge in [-0.3, -0.25) is 0 Å². The van der Waals surface area contributed by atoms with Crippen LogP contribution in [0.4, 0.5) is 0 Å². The van der Waals surface area contributed by atoms with E-state index in [0.717, 1.165) is 18.9 Å². The molecule has 0 heterocycles. The van der Waals surface area contributed by atoms with Crippen LogP contribution in [0.15, 0.2) is 30.3 Å². The molecule has 1 aromatic carbocycles. The first-order chi connectivity index (χ1) is 7.61. The van der Waals surface area contributed by atoms with E-state index in [2.05, 4.69) is 32.7 Å². The van der Waals surface area contributed by atoms with Crippen molar-refractivity contribution >= 4 is 0 Å². The highest BCUT2D eigenvalue weighted by Gasteiger charge is 2.12. The third-order valence-corrected chi connectivity index (χ3v) is 3.12. The van der Waals surface area contributed by atoms with Crippen molar-refractivity contribution in [1.82, 2.24) is 4.90 Å². The molecule has 2 nitrogen and oxygen atoms in total. The average Bonchev–Trinajstić information content (AvgIpc) is 2.29. The summed E-state index contributed by atoms with van der Waals surface area (Å²) in [7, 11) is 2.15. The molecule has 0 aromatic heterocycles. The third-order valence-electron chi connectivity index (χ3n) is 3.12. The van der Waals surface area contributed by atoms with Gasteiger partial charge in [0.05, 0.1) is 0 Å². The summed E-state index contributed by atoms with van der Waals surface area (Å²) in [6, 6.07) is 10.6. The zero-order chi connectivity index (χ0) is 12.0. The molecule has 0 saturated heterocycles. The molecule has 1 rings (SSSR count). The molecule has 0 N–H and O–H groups in total. The Morgan fingerprint density at radius 3 is 2.31 bits per heavy atom. The van der Waals surface area contributed by atoms with E-state index in [-0.39, 0.29) is 0 Å². The predicted octanol–water partition coefficient (Wildman–Crippen LogP) is 3.04. The van der Waals surface area contributed by atoms with Crippen molar-refractivity contribution in [1.29, 1.82) is 0 Å². The van der Waals surface area contributed by atoms with Gasteiger partial charge in [-0.25, -0.2) is 0 Å². The van der Waals surface area contributed by atoms with Crippen LogP contribution in [0.1, 0.15) is 20.8 Å². The molecular formula is C14H23NO. The Morgan fingerprint density at radius 2 is 1.75 bits per heavy atom. The molecule has 0 bridgehead atoms. The van der Waals surface area contributed by atoms with E-state index in [0.29, 0.717) is 12.0 Å². The summed E-state index contributed by atoms with van der Waals surface area (Å²) in [6.07, 6.45) is 0. The fourth-order valence-electron chi connectivity index (χ4n) is 1.54. The summed E-state index contributed by atoms with van der Waals surface area (Å²) in [4.78, 5) is 2.34. The third kappa shape index (κ3) is 4.23. The highest BCUT2D eigenvalue weighted by Crippen LogP contribution is 2.10. The molecule has 0 spiro atoms. The molecule has 2 heteroatoms. The van der Waals surface area contributed by atoms with Crippen molar-refractivity contribution in [3.63, 3.8) is 0 Å². The van der Waals surface area contributed by atoms with Gasteiger partial charge in [0.1, 0.15) is 12.4 Å². The lowest BCUT2D eigenvalue weighted by Crippen LogP contribution is -2.36. The fourth-order valence-corrected chi connectivity index (χ4v) is 1.54. The van der Waals surface area contributed by atoms with Crippen LogP contribution in [-0.4, -0.2) is 31.1 Å². The van der Waals surface area contributed by atoms with Gasteiger partial charge in [0.15, 0.2) is 0 Å². The monoisotopic (exact) mass is 221 g/mol. The lowest BCUT2D eigenvalue weighted by atomic mass is 10.1. The van der Waals surface area contributed by atoms with Crippen LogP contribution in [0.3, 0.4) is 0 Å². The number of para-hydroxylation sites is 1. The number of benzene rings is 1. The van der Waals surface area contributed by atoms with Crippen LogP contribution in [-0.2, 0) is 0 Å². The maximum absolute atomic E-state index is 5.66. The number of ether oxygens (including phenoxy) is 1. The van der Waals surface area contributed by atoms with Crippen LogP contribution in [0.5, 0.6) is 5.75 Å². The largest absolute Gasteiger partial charge is 0.492 e. The second-order valence-electron chi connectivity index (χ2n) is 4.63. The molecule has 1 aromatic rings. The van der Waals surface area contributed by atoms with Crippen LogP contribution in [0, 0.1) is 5.92 Å². The van der Waals surface area contributed by atoms with E-state index >= 15 is 0 Å². The van der Waals surface area contributed by atoms with E-state index in [1.54, 1.807) is 0 Å². The van der Waals surface area contributed by atoms with Gasteiger partial charge >= 0.3 is 0 Å². The highest BCUT2D eigenvalue weighted by molar-refractivity contribution is 5.20. The molecule has 0 aliphatic rings. The van der Waals surface area contributed by atoms with Crippen molar-refractivity contribution < 1.29 is 4.74 Å². The number of hydrogen-bond acceptors (Lipinski definition) is 2. The zero-order valence-corrected chi connectivity index (χ0v) is 10.8. The molecule has 0 unspecified atom stereocenters. The number of nitrogens with zero attached hydrogens (tertiary/aromatic N) is 1. The van der Waals surface area contributed by atoms with Crippen molar-refractivity contribution in [3.8, 4) is 5.75 Å². The zero-order valence-electron chi connectivity index (χ0n) is 10.8. The molecule has 0 aliphatic carbocycles. The Kier molecular flexibility index (Phi) is 5.33. The maximum Gasteiger partial charge on any atom is 0.119 e. The first-order valence-electron chi connectivity index (χ1n) is 5.99. The van der Waals surface area contributed by atoms with Gasteiger partial charge in [-0.05, 0) is 32.0 Å². The van der Waals surface area contributed by atoms with Crippen LogP contribution >= 0.6 is 0 Å². The number of hydrogen-bond donors (Lipinski definition) is 0. The van der Waals surface area contributed by atoms with Gasteiger partial charge in [-0.2, -0.15) is 0 Å². The summed E-state index contributed by atoms with van der Waals surface area (Å²) < 4.78 is 5.66. The summed E-state index contributed by atoms with van der Waals surface area (Å²) in [5.41, 5.74) is 0. The standard InChI is InChI=1S/C14H23NO/c1-12(2)13(3)15(4)10-11-16-14-8-6-5-7-9-14/h5-9,12-13H,10-11H2,1-4H3/t13-/m1/s1. The number of rotatable bonds is 6. The maximum atomic E-state index is 5.66. The second-order valence-corrected chi connectivity index (χ2v) is 4.63. The summed E-state index contributed by atoms with van der Waals surface area (Å²) in [5.74, 6) is 1.63. The van der Waals surface area contributed by atoms with E-state index in [1.165, 1.54) is 0 Å². The van der Waals surface area contributed by atoms with E-state index < -0.39 is 0 Å². The van der Waals surface area contributed by atoms with Crippen molar-refractivity contribution in [2.24, 2.45) is 5.92 Å². The van der Waals surface area contributed by atoms with Crippen LogP contribution in [0.25, 0.3) is 0 Å². The minimum absolute atomic E-state index is 0.597. The first-order valence-corrected chi connectivity index (χ1v) is 5.99. The Hall–Kier alpha value is -1.02. The number of likely N-dealkylation sites (N-methyl/N-ethyl adjacent to an activating group) is 1. The average molecular weight is 221 g/mol. The smallest absolute Gasteiger partial charge is 0.119 e. The molecule has 0 saturated carbocycles. The lowest BCUT2D eigenvalue weighted by molar-refractivity contribution is 0.170. The van der Waals surface area contributed by atoms with Gasteiger partial charge in [0.25, 0.3) is 0 Å². The Balaban J connectivity index is 2.25. The van der Waals surface area contributed by atoms with E-state index in [1.807, 2.05) is 30.3 Å². The fraction of sp³-hybridized carbons (Fsp3) is 0.571. The molecule has 16 heavy (non-hydrogen) atoms. The molecular weight excluding hydrogens is 198 g/mol. The molecule has 90 valence electrons. The van der Waals surface area contributed by atoms with E-state index in [4.69, 9.17) is 4.74 Å². The van der Waals surface area contributed by atoms with Crippen LogP contribution < -0.4 is 4.74 Å².